The first kappa shape index (κ1) is 22.6. The molecule has 0 amide bonds. The van der Waals surface area contributed by atoms with Gasteiger partial charge >= 0.3 is 0 Å². The molecule has 3 aromatic rings. The first-order valence-corrected chi connectivity index (χ1v) is 12.4. The number of nitrogens with zero attached hydrogens (tertiary/aromatic N) is 1. The fourth-order valence-electron chi connectivity index (χ4n) is 3.39. The molecule has 1 aliphatic rings. The zero-order chi connectivity index (χ0) is 22.7. The van der Waals surface area contributed by atoms with Crippen molar-refractivity contribution in [1.82, 2.24) is 10.3 Å². The molecule has 0 aliphatic heterocycles. The van der Waals surface area contributed by atoms with Gasteiger partial charge in [0.05, 0.1) is 5.51 Å². The third-order valence-electron chi connectivity index (χ3n) is 5.31. The summed E-state index contributed by atoms with van der Waals surface area (Å²) in [6.07, 6.45) is 3.36. The van der Waals surface area contributed by atoms with Gasteiger partial charge in [-0.15, -0.1) is 11.3 Å². The molecule has 0 bridgehead atoms. The summed E-state index contributed by atoms with van der Waals surface area (Å²) in [4.78, 5) is 2.64. The molecule has 0 spiro atoms. The van der Waals surface area contributed by atoms with Crippen molar-refractivity contribution < 1.29 is 21.6 Å². The van der Waals surface area contributed by atoms with Crippen LogP contribution in [0.4, 0.5) is 24.7 Å². The summed E-state index contributed by atoms with van der Waals surface area (Å²) < 4.78 is 70.4. The average molecular weight is 483 g/mol. The maximum atomic E-state index is 14.6. The van der Waals surface area contributed by atoms with Crippen LogP contribution in [-0.2, 0) is 23.1 Å². The van der Waals surface area contributed by atoms with E-state index in [4.69, 9.17) is 0 Å². The van der Waals surface area contributed by atoms with Crippen molar-refractivity contribution in [2.75, 3.05) is 10.0 Å². The molecule has 0 saturated heterocycles. The number of hydrogen-bond donors (Lipinski definition) is 3. The first-order valence-electron chi connectivity index (χ1n) is 9.97. The van der Waals surface area contributed by atoms with Crippen LogP contribution in [0.3, 0.4) is 0 Å². The minimum Gasteiger partial charge on any atom is -0.381 e. The molecule has 3 N–H and O–H groups in total. The van der Waals surface area contributed by atoms with Gasteiger partial charge in [0, 0.05) is 35.8 Å². The number of rotatable bonds is 9. The Morgan fingerprint density at radius 3 is 2.44 bits per heavy atom. The summed E-state index contributed by atoms with van der Waals surface area (Å²) in [5.74, 6) is -3.00. The summed E-state index contributed by atoms with van der Waals surface area (Å²) >= 11 is 1.13. The van der Waals surface area contributed by atoms with E-state index in [0.29, 0.717) is 18.2 Å². The van der Waals surface area contributed by atoms with Gasteiger partial charge < -0.3 is 10.6 Å². The predicted octanol–water partition coefficient (Wildman–Crippen LogP) is 4.62. The van der Waals surface area contributed by atoms with Gasteiger partial charge in [0.2, 0.25) is 0 Å². The molecular formula is C21H21F3N4O2S2. The van der Waals surface area contributed by atoms with Gasteiger partial charge in [-0.2, -0.15) is 0 Å². The van der Waals surface area contributed by atoms with Crippen LogP contribution >= 0.6 is 11.3 Å². The van der Waals surface area contributed by atoms with Crippen molar-refractivity contribution in [3.63, 3.8) is 0 Å². The van der Waals surface area contributed by atoms with Gasteiger partial charge in [0.25, 0.3) is 10.0 Å². The minimum absolute atomic E-state index is 0.00577. The van der Waals surface area contributed by atoms with Gasteiger partial charge in [-0.1, -0.05) is 18.6 Å². The Morgan fingerprint density at radius 2 is 1.81 bits per heavy atom. The zero-order valence-corrected chi connectivity index (χ0v) is 18.5. The minimum atomic E-state index is -4.51. The lowest BCUT2D eigenvalue weighted by molar-refractivity contribution is 0.337. The van der Waals surface area contributed by atoms with E-state index in [-0.39, 0.29) is 18.1 Å². The van der Waals surface area contributed by atoms with E-state index in [1.165, 1.54) is 23.4 Å². The van der Waals surface area contributed by atoms with Crippen LogP contribution in [0.2, 0.25) is 0 Å². The molecule has 1 heterocycles. The van der Waals surface area contributed by atoms with E-state index in [0.717, 1.165) is 41.9 Å². The number of halogens is 3. The van der Waals surface area contributed by atoms with Crippen LogP contribution in [0.15, 0.2) is 46.1 Å². The SMILES string of the molecule is O=S(=O)(Nc1cscn1)c1c(F)cc(NCc2c(F)cccc2CNC2CCC2)cc1F. The van der Waals surface area contributed by atoms with E-state index in [2.05, 4.69) is 15.6 Å². The Kier molecular flexibility index (Phi) is 6.68. The summed E-state index contributed by atoms with van der Waals surface area (Å²) in [5, 5.41) is 7.56. The molecule has 32 heavy (non-hydrogen) atoms. The van der Waals surface area contributed by atoms with Gasteiger partial charge in [0.15, 0.2) is 10.7 Å². The highest BCUT2D eigenvalue weighted by molar-refractivity contribution is 7.92. The van der Waals surface area contributed by atoms with Crippen molar-refractivity contribution in [2.24, 2.45) is 0 Å². The highest BCUT2D eigenvalue weighted by Crippen LogP contribution is 2.26. The molecule has 6 nitrogen and oxygen atoms in total. The lowest BCUT2D eigenvalue weighted by atomic mass is 9.93. The topological polar surface area (TPSA) is 83.1 Å². The summed E-state index contributed by atoms with van der Waals surface area (Å²) in [6.45, 7) is 0.470. The molecule has 1 fully saturated rings. The highest BCUT2D eigenvalue weighted by Gasteiger charge is 2.26. The maximum absolute atomic E-state index is 14.6. The largest absolute Gasteiger partial charge is 0.381 e. The van der Waals surface area contributed by atoms with Gasteiger partial charge in [0.1, 0.15) is 17.5 Å². The number of hydrogen-bond acceptors (Lipinski definition) is 6. The number of anilines is 2. The van der Waals surface area contributed by atoms with Crippen LogP contribution in [0.5, 0.6) is 0 Å². The molecule has 1 saturated carbocycles. The Labute approximate surface area is 187 Å². The van der Waals surface area contributed by atoms with Crippen molar-refractivity contribution in [1.29, 1.82) is 0 Å². The molecule has 0 unspecified atom stereocenters. The highest BCUT2D eigenvalue weighted by atomic mass is 32.2. The normalized spacial score (nSPS) is 14.2. The van der Waals surface area contributed by atoms with Crippen LogP contribution in [-0.4, -0.2) is 19.4 Å². The smallest absolute Gasteiger partial charge is 0.268 e. The van der Waals surface area contributed by atoms with E-state index in [1.807, 2.05) is 4.72 Å². The standard InChI is InChI=1S/C21H21F3N4O2S2/c22-17-6-1-3-13(9-25-14-4-2-5-14)16(17)10-26-15-7-18(23)21(19(24)8-15)32(29,30)28-20-11-31-12-27-20/h1,3,6-8,11-12,14,25-26,28H,2,4-5,9-10H2. The predicted molar refractivity (Wildman–Crippen MR) is 117 cm³/mol. The Hall–Kier alpha value is -2.63. The van der Waals surface area contributed by atoms with E-state index in [9.17, 15) is 21.6 Å². The third kappa shape index (κ3) is 5.05. The molecule has 170 valence electrons. The quantitative estimate of drug-likeness (QED) is 0.415. The third-order valence-corrected chi connectivity index (χ3v) is 7.30. The molecule has 11 heteroatoms. The second-order valence-corrected chi connectivity index (χ2v) is 9.83. The molecule has 2 aromatic carbocycles. The van der Waals surface area contributed by atoms with Gasteiger partial charge in [-0.25, -0.2) is 26.6 Å². The Morgan fingerprint density at radius 1 is 1.06 bits per heavy atom. The molecule has 1 aromatic heterocycles. The fourth-order valence-corrected chi connectivity index (χ4v) is 5.07. The van der Waals surface area contributed by atoms with Gasteiger partial charge in [-0.05, 0) is 36.6 Å². The lowest BCUT2D eigenvalue weighted by Gasteiger charge is -2.27. The van der Waals surface area contributed by atoms with Crippen molar-refractivity contribution in [2.45, 2.75) is 43.3 Å². The number of nitrogens with one attached hydrogen (secondary N) is 3. The summed E-state index contributed by atoms with van der Waals surface area (Å²) in [5.41, 5.74) is 2.50. The molecule has 0 atom stereocenters. The van der Waals surface area contributed by atoms with Crippen LogP contribution in [0, 0.1) is 17.5 Å². The van der Waals surface area contributed by atoms with Crippen molar-refractivity contribution in [3.05, 3.63) is 69.8 Å². The lowest BCUT2D eigenvalue weighted by Crippen LogP contribution is -2.34. The maximum Gasteiger partial charge on any atom is 0.268 e. The second kappa shape index (κ2) is 9.47. The zero-order valence-electron chi connectivity index (χ0n) is 16.9. The van der Waals surface area contributed by atoms with Crippen molar-refractivity contribution in [3.8, 4) is 0 Å². The molecule has 1 aliphatic carbocycles. The molecule has 0 radical (unpaired) electrons. The monoisotopic (exact) mass is 482 g/mol. The molecule has 4 rings (SSSR count). The number of aromatic nitrogens is 1. The van der Waals surface area contributed by atoms with Crippen LogP contribution in [0.25, 0.3) is 0 Å². The van der Waals surface area contributed by atoms with E-state index in [1.54, 1.807) is 12.1 Å². The van der Waals surface area contributed by atoms with Crippen molar-refractivity contribution >= 4 is 32.9 Å². The summed E-state index contributed by atoms with van der Waals surface area (Å²) in [6, 6.07) is 6.90. The summed E-state index contributed by atoms with van der Waals surface area (Å²) in [7, 11) is -4.51. The van der Waals surface area contributed by atoms with E-state index < -0.39 is 32.4 Å². The van der Waals surface area contributed by atoms with Crippen LogP contribution < -0.4 is 15.4 Å². The number of benzene rings is 2. The first-order chi connectivity index (χ1) is 15.3. The average Bonchev–Trinajstić information content (AvgIpc) is 3.17. The number of sulfonamides is 1. The van der Waals surface area contributed by atoms with Gasteiger partial charge in [-0.3, -0.25) is 4.72 Å². The van der Waals surface area contributed by atoms with E-state index >= 15 is 0 Å². The Balaban J connectivity index is 1.50. The second-order valence-electron chi connectivity index (χ2n) is 7.49. The Bertz CT molecular complexity index is 1180. The number of thiazole rings is 1. The molecular weight excluding hydrogens is 461 g/mol. The van der Waals surface area contributed by atoms with Crippen LogP contribution in [0.1, 0.15) is 30.4 Å². The fraction of sp³-hybridized carbons (Fsp3) is 0.286.